The zero-order chi connectivity index (χ0) is 22.5. The standard InChI is InChI=1S/C19H21N3O/c1-13-5-8-15(9-6-13)19-16(11-18(23)21(3)4)22-12-14(2)7-10-17(22)20-19/h5-10,12H,11H2,1-4H3/i1D3,5D,6D,8D,9D. The second kappa shape index (κ2) is 5.88. The van der Waals surface area contributed by atoms with Crippen LogP contribution < -0.4 is 0 Å². The van der Waals surface area contributed by atoms with Crippen LogP contribution in [0.2, 0.25) is 0 Å². The summed E-state index contributed by atoms with van der Waals surface area (Å²) in [6.07, 6.45) is 1.70. The number of likely N-dealkylation sites (N-methyl/N-ethyl adjacent to an activating group) is 1. The minimum Gasteiger partial charge on any atom is -0.348 e. The highest BCUT2D eigenvalue weighted by Crippen LogP contribution is 2.26. The van der Waals surface area contributed by atoms with Crippen LogP contribution in [0.25, 0.3) is 16.9 Å². The number of carbonyl (C=O) groups excluding carboxylic acids is 1. The van der Waals surface area contributed by atoms with Crippen molar-refractivity contribution in [2.45, 2.75) is 20.2 Å². The number of amides is 1. The number of fused-ring (bicyclic) bond motifs is 1. The van der Waals surface area contributed by atoms with Crippen LogP contribution >= 0.6 is 0 Å². The average Bonchev–Trinajstić information content (AvgIpc) is 2.96. The van der Waals surface area contributed by atoms with Crippen LogP contribution in [0.1, 0.15) is 26.4 Å². The number of imidazole rings is 1. The summed E-state index contributed by atoms with van der Waals surface area (Å²) in [7, 11) is 3.22. The lowest BCUT2D eigenvalue weighted by Gasteiger charge is -2.11. The Morgan fingerprint density at radius 3 is 2.65 bits per heavy atom. The second-order valence-electron chi connectivity index (χ2n) is 5.56. The van der Waals surface area contributed by atoms with Gasteiger partial charge < -0.3 is 9.30 Å². The first-order valence-corrected chi connectivity index (χ1v) is 7.13. The van der Waals surface area contributed by atoms with E-state index in [0.29, 0.717) is 11.3 Å². The lowest BCUT2D eigenvalue weighted by atomic mass is 10.1. The number of hydrogen-bond acceptors (Lipinski definition) is 2. The van der Waals surface area contributed by atoms with Crippen molar-refractivity contribution in [2.75, 3.05) is 14.1 Å². The normalized spacial score (nSPS) is 15.9. The van der Waals surface area contributed by atoms with E-state index in [2.05, 4.69) is 4.98 Å². The summed E-state index contributed by atoms with van der Waals surface area (Å²) in [5, 5.41) is 0. The molecule has 4 nitrogen and oxygen atoms in total. The average molecular weight is 314 g/mol. The van der Waals surface area contributed by atoms with Crippen molar-refractivity contribution >= 4 is 11.6 Å². The molecule has 0 aliphatic carbocycles. The highest BCUT2D eigenvalue weighted by atomic mass is 16.2. The molecule has 0 saturated carbocycles. The van der Waals surface area contributed by atoms with Crippen LogP contribution in [0.3, 0.4) is 0 Å². The molecule has 23 heavy (non-hydrogen) atoms. The fourth-order valence-electron chi connectivity index (χ4n) is 2.30. The van der Waals surface area contributed by atoms with E-state index in [0.717, 1.165) is 5.56 Å². The first-order valence-electron chi connectivity index (χ1n) is 10.6. The Labute approximate surface area is 146 Å². The topological polar surface area (TPSA) is 37.6 Å². The van der Waals surface area contributed by atoms with Gasteiger partial charge in [-0.15, -0.1) is 0 Å². The van der Waals surface area contributed by atoms with Crippen LogP contribution in [-0.4, -0.2) is 34.3 Å². The smallest absolute Gasteiger partial charge is 0.228 e. The molecular formula is C19H21N3O. The zero-order valence-corrected chi connectivity index (χ0v) is 13.2. The Bertz CT molecular complexity index is 1140. The van der Waals surface area contributed by atoms with Gasteiger partial charge in [-0.2, -0.15) is 0 Å². The van der Waals surface area contributed by atoms with Crippen molar-refractivity contribution in [1.82, 2.24) is 14.3 Å². The second-order valence-corrected chi connectivity index (χ2v) is 5.56. The summed E-state index contributed by atoms with van der Waals surface area (Å²) in [5.74, 6) is -0.228. The molecule has 0 N–H and O–H groups in total. The molecule has 4 heteroatoms. The Morgan fingerprint density at radius 2 is 2.00 bits per heavy atom. The number of carbonyl (C=O) groups is 1. The fraction of sp³-hybridized carbons (Fsp3) is 0.263. The molecule has 0 atom stereocenters. The third kappa shape index (κ3) is 2.97. The van der Waals surface area contributed by atoms with Gasteiger partial charge in [-0.1, -0.05) is 35.8 Å². The number of pyridine rings is 1. The quantitative estimate of drug-likeness (QED) is 0.744. The molecular weight excluding hydrogens is 286 g/mol. The molecule has 2 aromatic heterocycles. The Balaban J connectivity index is 2.39. The lowest BCUT2D eigenvalue weighted by molar-refractivity contribution is -0.128. The Kier molecular flexibility index (Phi) is 2.27. The molecule has 0 bridgehead atoms. The molecule has 1 aromatic carbocycles. The van der Waals surface area contributed by atoms with Crippen LogP contribution in [0, 0.1) is 13.8 Å². The van der Waals surface area contributed by atoms with Gasteiger partial charge in [0.1, 0.15) is 5.65 Å². The molecule has 0 saturated heterocycles. The summed E-state index contributed by atoms with van der Waals surface area (Å²) < 4.78 is 57.5. The predicted molar refractivity (Wildman–Crippen MR) is 92.5 cm³/mol. The maximum absolute atomic E-state index is 12.5. The molecule has 0 radical (unpaired) electrons. The van der Waals surface area contributed by atoms with Crippen LogP contribution in [0.4, 0.5) is 0 Å². The Morgan fingerprint density at radius 1 is 1.26 bits per heavy atom. The lowest BCUT2D eigenvalue weighted by Crippen LogP contribution is -2.24. The largest absolute Gasteiger partial charge is 0.348 e. The first kappa shape index (κ1) is 8.87. The molecule has 0 fully saturated rings. The molecule has 0 unspecified atom stereocenters. The molecule has 2 heterocycles. The van der Waals surface area contributed by atoms with Crippen molar-refractivity contribution in [3.63, 3.8) is 0 Å². The predicted octanol–water partition coefficient (Wildman–Crippen LogP) is 3.25. The molecule has 3 rings (SSSR count). The van der Waals surface area contributed by atoms with E-state index in [1.165, 1.54) is 4.90 Å². The van der Waals surface area contributed by atoms with E-state index in [4.69, 9.17) is 9.60 Å². The fourth-order valence-corrected chi connectivity index (χ4v) is 2.30. The number of aromatic nitrogens is 2. The molecule has 1 amide bonds. The van der Waals surface area contributed by atoms with E-state index in [1.54, 1.807) is 30.8 Å². The van der Waals surface area contributed by atoms with Crippen LogP contribution in [0.15, 0.2) is 42.5 Å². The zero-order valence-electron chi connectivity index (χ0n) is 20.2. The summed E-state index contributed by atoms with van der Waals surface area (Å²) in [5.41, 5.74) is 1.17. The van der Waals surface area contributed by atoms with Crippen molar-refractivity contribution in [2.24, 2.45) is 0 Å². The molecule has 0 spiro atoms. The van der Waals surface area contributed by atoms with Crippen molar-refractivity contribution in [3.05, 3.63) is 59.3 Å². The van der Waals surface area contributed by atoms with E-state index in [1.807, 2.05) is 13.0 Å². The van der Waals surface area contributed by atoms with Gasteiger partial charge in [-0.05, 0) is 25.4 Å². The minimum atomic E-state index is -2.79. The van der Waals surface area contributed by atoms with Crippen LogP contribution in [0.5, 0.6) is 0 Å². The summed E-state index contributed by atoms with van der Waals surface area (Å²) in [6, 6.07) is 1.29. The number of benzene rings is 1. The first-order chi connectivity index (χ1) is 13.8. The van der Waals surface area contributed by atoms with E-state index in [9.17, 15) is 4.79 Å². The van der Waals surface area contributed by atoms with Crippen LogP contribution in [-0.2, 0) is 11.2 Å². The Hall–Kier alpha value is -2.62. The van der Waals surface area contributed by atoms with Gasteiger partial charge in [-0.25, -0.2) is 4.98 Å². The van der Waals surface area contributed by atoms with Gasteiger partial charge in [0.2, 0.25) is 5.91 Å². The van der Waals surface area contributed by atoms with Crippen molar-refractivity contribution in [1.29, 1.82) is 0 Å². The highest BCUT2D eigenvalue weighted by molar-refractivity contribution is 5.81. The maximum Gasteiger partial charge on any atom is 0.228 e. The van der Waals surface area contributed by atoms with E-state index in [-0.39, 0.29) is 23.6 Å². The summed E-state index contributed by atoms with van der Waals surface area (Å²) in [6.45, 7) is -0.921. The summed E-state index contributed by atoms with van der Waals surface area (Å²) in [4.78, 5) is 18.3. The number of rotatable bonds is 3. The highest BCUT2D eigenvalue weighted by Gasteiger charge is 2.18. The summed E-state index contributed by atoms with van der Waals surface area (Å²) >= 11 is 0. The van der Waals surface area contributed by atoms with Gasteiger partial charge in [0.05, 0.1) is 23.3 Å². The molecule has 118 valence electrons. The third-order valence-corrected chi connectivity index (χ3v) is 3.54. The van der Waals surface area contributed by atoms with E-state index >= 15 is 0 Å². The minimum absolute atomic E-state index is 0.0759. The van der Waals surface area contributed by atoms with Gasteiger partial charge in [-0.3, -0.25) is 4.79 Å². The molecule has 0 aliphatic rings. The number of nitrogens with zero attached hydrogens (tertiary/aromatic N) is 3. The van der Waals surface area contributed by atoms with Gasteiger partial charge >= 0.3 is 0 Å². The van der Waals surface area contributed by atoms with E-state index < -0.39 is 36.6 Å². The maximum atomic E-state index is 12.5. The third-order valence-electron chi connectivity index (χ3n) is 3.54. The van der Waals surface area contributed by atoms with Gasteiger partial charge in [0, 0.05) is 30.0 Å². The van der Waals surface area contributed by atoms with Gasteiger partial charge in [0.25, 0.3) is 0 Å². The van der Waals surface area contributed by atoms with Crippen molar-refractivity contribution in [3.8, 4) is 11.3 Å². The van der Waals surface area contributed by atoms with Gasteiger partial charge in [0.15, 0.2) is 0 Å². The monoisotopic (exact) mass is 314 g/mol. The molecule has 3 aromatic rings. The number of hydrogen-bond donors (Lipinski definition) is 0. The van der Waals surface area contributed by atoms with Crippen molar-refractivity contribution < 1.29 is 14.4 Å². The number of aryl methyl sites for hydroxylation is 1. The SMILES string of the molecule is [2H]c1c([2H])c(C([2H])([2H])[2H])c([2H])c([2H])c1-c1nc2ccc(C)cn2c1CC(=O)N(C)C. The molecule has 0 aliphatic heterocycles.